The molecule has 5 heteroatoms. The fourth-order valence-electron chi connectivity index (χ4n) is 3.43. The van der Waals surface area contributed by atoms with Crippen LogP contribution in [0, 0.1) is 11.3 Å². The Morgan fingerprint density at radius 1 is 1.33 bits per heavy atom. The van der Waals surface area contributed by atoms with Gasteiger partial charge in [0.2, 0.25) is 11.8 Å². The van der Waals surface area contributed by atoms with Gasteiger partial charge in [-0.25, -0.2) is 0 Å². The molecule has 3 fully saturated rings. The summed E-state index contributed by atoms with van der Waals surface area (Å²) < 4.78 is 5.50. The number of nitrogens with zero attached hydrogens (tertiary/aromatic N) is 3. The number of hydrogen-bond acceptors (Lipinski definition) is 4. The van der Waals surface area contributed by atoms with E-state index < -0.39 is 0 Å². The van der Waals surface area contributed by atoms with E-state index in [-0.39, 0.29) is 5.92 Å². The molecule has 0 bridgehead atoms. The van der Waals surface area contributed by atoms with Crippen molar-refractivity contribution < 1.29 is 9.32 Å². The highest BCUT2D eigenvalue weighted by atomic mass is 16.5. The van der Waals surface area contributed by atoms with E-state index in [9.17, 15) is 4.79 Å². The van der Waals surface area contributed by atoms with Crippen LogP contribution >= 0.6 is 0 Å². The minimum Gasteiger partial charge on any atom is -0.342 e. The summed E-state index contributed by atoms with van der Waals surface area (Å²) in [5.41, 5.74) is 0.321. The monoisotopic (exact) mass is 289 g/mol. The SMILES string of the molecule is CC1(C)C[C@H]1c1noc([C@@H]2CCCN(C(=O)C3CC3)C2)n1. The molecule has 1 aromatic rings. The Bertz CT molecular complexity index is 562. The highest BCUT2D eigenvalue weighted by molar-refractivity contribution is 5.81. The fourth-order valence-corrected chi connectivity index (χ4v) is 3.43. The lowest BCUT2D eigenvalue weighted by Crippen LogP contribution is -2.40. The largest absolute Gasteiger partial charge is 0.342 e. The average Bonchev–Trinajstić information content (AvgIpc) is 3.37. The summed E-state index contributed by atoms with van der Waals surface area (Å²) >= 11 is 0. The molecule has 0 aromatic carbocycles. The van der Waals surface area contributed by atoms with Crippen LogP contribution in [0.1, 0.15) is 69.5 Å². The van der Waals surface area contributed by atoms with E-state index in [4.69, 9.17) is 4.52 Å². The summed E-state index contributed by atoms with van der Waals surface area (Å²) in [6, 6.07) is 0. The van der Waals surface area contributed by atoms with Crippen LogP contribution in [0.2, 0.25) is 0 Å². The van der Waals surface area contributed by atoms with Crippen LogP contribution in [0.5, 0.6) is 0 Å². The minimum absolute atomic E-state index is 0.226. The predicted molar refractivity (Wildman–Crippen MR) is 76.7 cm³/mol. The Morgan fingerprint density at radius 2 is 2.10 bits per heavy atom. The van der Waals surface area contributed by atoms with Gasteiger partial charge >= 0.3 is 0 Å². The van der Waals surface area contributed by atoms with Gasteiger partial charge in [-0.3, -0.25) is 4.79 Å². The summed E-state index contributed by atoms with van der Waals surface area (Å²) in [5.74, 6) is 2.91. The van der Waals surface area contributed by atoms with Crippen LogP contribution in [0.4, 0.5) is 0 Å². The van der Waals surface area contributed by atoms with Gasteiger partial charge in [0.25, 0.3) is 0 Å². The smallest absolute Gasteiger partial charge is 0.231 e. The molecule has 21 heavy (non-hydrogen) atoms. The van der Waals surface area contributed by atoms with Gasteiger partial charge < -0.3 is 9.42 Å². The van der Waals surface area contributed by atoms with Crippen molar-refractivity contribution in [3.8, 4) is 0 Å². The molecular weight excluding hydrogens is 266 g/mol. The van der Waals surface area contributed by atoms with Gasteiger partial charge in [0.1, 0.15) is 0 Å². The number of amides is 1. The van der Waals surface area contributed by atoms with Gasteiger partial charge in [0.05, 0.1) is 5.92 Å². The lowest BCUT2D eigenvalue weighted by atomic mass is 9.97. The van der Waals surface area contributed by atoms with E-state index in [1.54, 1.807) is 0 Å². The Hall–Kier alpha value is -1.39. The normalized spacial score (nSPS) is 31.2. The van der Waals surface area contributed by atoms with Crippen LogP contribution in [0.3, 0.4) is 0 Å². The quantitative estimate of drug-likeness (QED) is 0.858. The number of hydrogen-bond donors (Lipinski definition) is 0. The number of rotatable bonds is 3. The zero-order chi connectivity index (χ0) is 14.6. The average molecular weight is 289 g/mol. The van der Waals surface area contributed by atoms with Crippen LogP contribution in [-0.4, -0.2) is 34.0 Å². The first-order valence-electron chi connectivity index (χ1n) is 8.17. The molecule has 1 saturated heterocycles. The zero-order valence-corrected chi connectivity index (χ0v) is 12.8. The van der Waals surface area contributed by atoms with E-state index in [1.807, 2.05) is 4.90 Å². The highest BCUT2D eigenvalue weighted by Crippen LogP contribution is 2.57. The Labute approximate surface area is 125 Å². The number of piperidine rings is 1. The molecule has 2 heterocycles. The molecule has 1 aliphatic heterocycles. The van der Waals surface area contributed by atoms with Crippen molar-refractivity contribution in [1.82, 2.24) is 15.0 Å². The van der Waals surface area contributed by atoms with Crippen LogP contribution < -0.4 is 0 Å². The van der Waals surface area contributed by atoms with Gasteiger partial charge in [0, 0.05) is 24.9 Å². The van der Waals surface area contributed by atoms with Crippen LogP contribution in [-0.2, 0) is 4.79 Å². The van der Waals surface area contributed by atoms with Gasteiger partial charge in [-0.1, -0.05) is 19.0 Å². The molecule has 0 unspecified atom stereocenters. The third kappa shape index (κ3) is 2.47. The first-order valence-corrected chi connectivity index (χ1v) is 8.17. The lowest BCUT2D eigenvalue weighted by molar-refractivity contribution is -0.133. The number of carbonyl (C=O) groups is 1. The second-order valence-electron chi connectivity index (χ2n) is 7.63. The van der Waals surface area contributed by atoms with Crippen molar-refractivity contribution >= 4 is 5.91 Å². The summed E-state index contributed by atoms with van der Waals surface area (Å²) in [6.45, 7) is 6.13. The van der Waals surface area contributed by atoms with Crippen molar-refractivity contribution in [1.29, 1.82) is 0 Å². The molecule has 2 aliphatic carbocycles. The predicted octanol–water partition coefficient (Wildman–Crippen LogP) is 2.70. The maximum Gasteiger partial charge on any atom is 0.231 e. The molecule has 2 saturated carbocycles. The van der Waals surface area contributed by atoms with E-state index in [2.05, 4.69) is 24.0 Å². The first-order chi connectivity index (χ1) is 10.0. The van der Waals surface area contributed by atoms with Crippen LogP contribution in [0.15, 0.2) is 4.52 Å². The van der Waals surface area contributed by atoms with Gasteiger partial charge in [-0.05, 0) is 37.5 Å². The Balaban J connectivity index is 1.44. The second-order valence-corrected chi connectivity index (χ2v) is 7.63. The third-order valence-corrected chi connectivity index (χ3v) is 5.29. The fraction of sp³-hybridized carbons (Fsp3) is 0.812. The number of carbonyl (C=O) groups excluding carboxylic acids is 1. The molecule has 0 N–H and O–H groups in total. The van der Waals surface area contributed by atoms with Crippen molar-refractivity contribution in [2.24, 2.45) is 11.3 Å². The van der Waals surface area contributed by atoms with Crippen LogP contribution in [0.25, 0.3) is 0 Å². The topological polar surface area (TPSA) is 59.2 Å². The molecule has 114 valence electrons. The molecule has 5 nitrogen and oxygen atoms in total. The molecule has 2 atom stereocenters. The summed E-state index contributed by atoms with van der Waals surface area (Å²) in [6.07, 6.45) is 5.37. The van der Waals surface area contributed by atoms with E-state index in [0.717, 1.165) is 56.9 Å². The summed E-state index contributed by atoms with van der Waals surface area (Å²) in [4.78, 5) is 18.8. The zero-order valence-electron chi connectivity index (χ0n) is 12.8. The van der Waals surface area contributed by atoms with Gasteiger partial charge in [-0.15, -0.1) is 0 Å². The summed E-state index contributed by atoms with van der Waals surface area (Å²) in [7, 11) is 0. The minimum atomic E-state index is 0.226. The molecule has 4 rings (SSSR count). The Kier molecular flexibility index (Phi) is 2.88. The maximum absolute atomic E-state index is 12.2. The van der Waals surface area contributed by atoms with Crippen molar-refractivity contribution in [3.05, 3.63) is 11.7 Å². The Morgan fingerprint density at radius 3 is 2.76 bits per heavy atom. The molecular formula is C16H23N3O2. The number of aromatic nitrogens is 2. The number of likely N-dealkylation sites (tertiary alicyclic amines) is 1. The molecule has 0 radical (unpaired) electrons. The molecule has 1 aromatic heterocycles. The lowest BCUT2D eigenvalue weighted by Gasteiger charge is -2.31. The van der Waals surface area contributed by atoms with Crippen molar-refractivity contribution in [3.63, 3.8) is 0 Å². The van der Waals surface area contributed by atoms with Crippen molar-refractivity contribution in [2.45, 2.75) is 57.8 Å². The van der Waals surface area contributed by atoms with E-state index in [0.29, 0.717) is 23.2 Å². The first kappa shape index (κ1) is 13.3. The second kappa shape index (κ2) is 4.55. The molecule has 1 amide bonds. The van der Waals surface area contributed by atoms with Gasteiger partial charge in [-0.2, -0.15) is 4.98 Å². The maximum atomic E-state index is 12.2. The summed E-state index contributed by atoms with van der Waals surface area (Å²) in [5, 5.41) is 4.18. The van der Waals surface area contributed by atoms with E-state index >= 15 is 0 Å². The standard InChI is InChI=1S/C16H23N3O2/c1-16(2)8-12(16)13-17-14(21-18-13)11-4-3-7-19(9-11)15(20)10-5-6-10/h10-12H,3-9H2,1-2H3/t11-,12+/m1/s1. The third-order valence-electron chi connectivity index (χ3n) is 5.29. The highest BCUT2D eigenvalue weighted by Gasteiger charge is 2.49. The van der Waals surface area contributed by atoms with Gasteiger partial charge in [0.15, 0.2) is 5.82 Å². The van der Waals surface area contributed by atoms with Crippen molar-refractivity contribution in [2.75, 3.05) is 13.1 Å². The molecule has 0 spiro atoms. The molecule has 3 aliphatic rings. The van der Waals surface area contributed by atoms with E-state index in [1.165, 1.54) is 0 Å².